The number of nitrogens with two attached hydrogens (primary N) is 1. The predicted octanol–water partition coefficient (Wildman–Crippen LogP) is 2.08. The maximum Gasteiger partial charge on any atom is 0.250 e. The van der Waals surface area contributed by atoms with Gasteiger partial charge in [-0.2, -0.15) is 0 Å². The Morgan fingerprint density at radius 2 is 2.05 bits per heavy atom. The summed E-state index contributed by atoms with van der Waals surface area (Å²) >= 11 is 4.86. The zero-order chi connectivity index (χ0) is 13.7. The average Bonchev–Trinajstić information content (AvgIpc) is 3.19. The Kier molecular flexibility index (Phi) is 4.87. The summed E-state index contributed by atoms with van der Waals surface area (Å²) in [5.74, 6) is 0.689. The quantitative estimate of drug-likeness (QED) is 0.592. The first-order valence-electron chi connectivity index (χ1n) is 6.42. The number of carbonyl (C=O) groups is 1. The maximum atomic E-state index is 11.6. The van der Waals surface area contributed by atoms with Crippen molar-refractivity contribution < 1.29 is 9.53 Å². The van der Waals surface area contributed by atoms with Gasteiger partial charge in [-0.05, 0) is 36.6 Å². The van der Waals surface area contributed by atoms with Gasteiger partial charge in [0.15, 0.2) is 0 Å². The summed E-state index contributed by atoms with van der Waals surface area (Å²) in [7, 11) is 0. The van der Waals surface area contributed by atoms with Crippen molar-refractivity contribution in [3.8, 4) is 0 Å². The van der Waals surface area contributed by atoms with Gasteiger partial charge < -0.3 is 15.8 Å². The second kappa shape index (κ2) is 6.63. The van der Waals surface area contributed by atoms with Crippen LogP contribution in [0.25, 0.3) is 0 Å². The second-order valence-corrected chi connectivity index (χ2v) is 5.21. The Morgan fingerprint density at radius 3 is 2.63 bits per heavy atom. The summed E-state index contributed by atoms with van der Waals surface area (Å²) in [6.07, 6.45) is 3.69. The molecule has 0 heterocycles. The number of anilines is 1. The molecule has 0 atom stereocenters. The van der Waals surface area contributed by atoms with Crippen molar-refractivity contribution in [2.75, 3.05) is 18.5 Å². The highest BCUT2D eigenvalue weighted by atomic mass is 32.1. The fourth-order valence-corrected chi connectivity index (χ4v) is 1.87. The lowest BCUT2D eigenvalue weighted by atomic mass is 10.2. The van der Waals surface area contributed by atoms with Crippen LogP contribution in [0.2, 0.25) is 0 Å². The van der Waals surface area contributed by atoms with Crippen LogP contribution >= 0.6 is 12.2 Å². The van der Waals surface area contributed by atoms with E-state index in [4.69, 9.17) is 22.7 Å². The van der Waals surface area contributed by atoms with E-state index in [2.05, 4.69) is 5.32 Å². The Labute approximate surface area is 118 Å². The van der Waals surface area contributed by atoms with Gasteiger partial charge in [-0.25, -0.2) is 0 Å². The first-order chi connectivity index (χ1) is 9.15. The summed E-state index contributed by atoms with van der Waals surface area (Å²) < 4.78 is 5.33. The van der Waals surface area contributed by atoms with E-state index in [1.807, 2.05) is 0 Å². The third-order valence-corrected chi connectivity index (χ3v) is 3.29. The Hall–Kier alpha value is -1.46. The molecule has 1 aliphatic carbocycles. The fraction of sp³-hybridized carbons (Fsp3) is 0.429. The highest BCUT2D eigenvalue weighted by Crippen LogP contribution is 2.32. The van der Waals surface area contributed by atoms with Crippen molar-refractivity contribution in [1.29, 1.82) is 0 Å². The normalized spacial score (nSPS) is 14.1. The van der Waals surface area contributed by atoms with E-state index in [1.54, 1.807) is 24.3 Å². The minimum absolute atomic E-state index is 0.101. The lowest BCUT2D eigenvalue weighted by Gasteiger charge is -2.07. The topological polar surface area (TPSA) is 64.3 Å². The monoisotopic (exact) mass is 278 g/mol. The number of thiocarbonyl (C=S) groups is 1. The molecule has 4 nitrogen and oxygen atoms in total. The standard InChI is InChI=1S/C14H18N2O2S/c15-14(19)11-3-5-12(6-4-11)16-13(17)9-18-8-7-10-1-2-10/h3-6,10H,1-2,7-9H2,(H2,15,19)(H,16,17). The number of benzene rings is 1. The number of hydrogen-bond donors (Lipinski definition) is 2. The van der Waals surface area contributed by atoms with E-state index in [0.29, 0.717) is 11.6 Å². The Morgan fingerprint density at radius 1 is 1.37 bits per heavy atom. The number of carbonyl (C=O) groups excluding carboxylic acids is 1. The van der Waals surface area contributed by atoms with Crippen LogP contribution in [0, 0.1) is 5.92 Å². The number of rotatable bonds is 7. The third kappa shape index (κ3) is 4.96. The molecule has 0 radical (unpaired) electrons. The molecule has 2 rings (SSSR count). The average molecular weight is 278 g/mol. The molecule has 0 aromatic heterocycles. The predicted molar refractivity (Wildman–Crippen MR) is 79.1 cm³/mol. The van der Waals surface area contributed by atoms with E-state index in [9.17, 15) is 4.79 Å². The summed E-state index contributed by atoms with van der Waals surface area (Å²) in [6.45, 7) is 0.766. The molecule has 0 spiro atoms. The smallest absolute Gasteiger partial charge is 0.250 e. The van der Waals surface area contributed by atoms with Crippen LogP contribution in [0.15, 0.2) is 24.3 Å². The molecule has 1 aromatic rings. The molecule has 1 amide bonds. The molecule has 0 aliphatic heterocycles. The number of hydrogen-bond acceptors (Lipinski definition) is 3. The van der Waals surface area contributed by atoms with Crippen molar-refractivity contribution in [3.05, 3.63) is 29.8 Å². The van der Waals surface area contributed by atoms with Gasteiger partial charge in [0.2, 0.25) is 5.91 Å². The van der Waals surface area contributed by atoms with Crippen LogP contribution in [0.5, 0.6) is 0 Å². The van der Waals surface area contributed by atoms with Gasteiger partial charge in [-0.1, -0.05) is 25.1 Å². The number of ether oxygens (including phenoxy) is 1. The molecule has 3 N–H and O–H groups in total. The van der Waals surface area contributed by atoms with Crippen LogP contribution in [-0.4, -0.2) is 24.1 Å². The van der Waals surface area contributed by atoms with Gasteiger partial charge in [0.1, 0.15) is 11.6 Å². The van der Waals surface area contributed by atoms with Gasteiger partial charge in [0.05, 0.1) is 0 Å². The first-order valence-corrected chi connectivity index (χ1v) is 6.83. The van der Waals surface area contributed by atoms with Crippen LogP contribution < -0.4 is 11.1 Å². The molecule has 1 saturated carbocycles. The molecule has 0 unspecified atom stereocenters. The van der Waals surface area contributed by atoms with Gasteiger partial charge in [-0.15, -0.1) is 0 Å². The van der Waals surface area contributed by atoms with Gasteiger partial charge in [0.25, 0.3) is 0 Å². The van der Waals surface area contributed by atoms with Crippen LogP contribution in [0.3, 0.4) is 0 Å². The van der Waals surface area contributed by atoms with Gasteiger partial charge >= 0.3 is 0 Å². The molecule has 1 aliphatic rings. The lowest BCUT2D eigenvalue weighted by Crippen LogP contribution is -2.19. The van der Waals surface area contributed by atoms with Crippen molar-refractivity contribution in [2.24, 2.45) is 11.7 Å². The van der Waals surface area contributed by atoms with Gasteiger partial charge in [-0.3, -0.25) is 4.79 Å². The van der Waals surface area contributed by atoms with Crippen molar-refractivity contribution in [1.82, 2.24) is 0 Å². The summed E-state index contributed by atoms with van der Waals surface area (Å²) in [4.78, 5) is 12.0. The number of nitrogens with one attached hydrogen (secondary N) is 1. The molecule has 5 heteroatoms. The van der Waals surface area contributed by atoms with Crippen LogP contribution in [0.4, 0.5) is 5.69 Å². The van der Waals surface area contributed by atoms with E-state index < -0.39 is 0 Å². The third-order valence-electron chi connectivity index (χ3n) is 3.05. The second-order valence-electron chi connectivity index (χ2n) is 4.77. The van der Waals surface area contributed by atoms with Crippen LogP contribution in [-0.2, 0) is 9.53 Å². The summed E-state index contributed by atoms with van der Waals surface area (Å²) in [5, 5.41) is 2.76. The SMILES string of the molecule is NC(=S)c1ccc(NC(=O)COCCC2CC2)cc1. The number of amides is 1. The fourth-order valence-electron chi connectivity index (χ4n) is 1.74. The van der Waals surface area contributed by atoms with Crippen molar-refractivity contribution in [3.63, 3.8) is 0 Å². The molecular weight excluding hydrogens is 260 g/mol. The molecule has 1 fully saturated rings. The van der Waals surface area contributed by atoms with Gasteiger partial charge in [0, 0.05) is 17.9 Å². The summed E-state index contributed by atoms with van der Waals surface area (Å²) in [6, 6.07) is 7.12. The van der Waals surface area contributed by atoms with Crippen LogP contribution in [0.1, 0.15) is 24.8 Å². The zero-order valence-electron chi connectivity index (χ0n) is 10.7. The minimum Gasteiger partial charge on any atom is -0.389 e. The van der Waals surface area contributed by atoms with Crippen molar-refractivity contribution in [2.45, 2.75) is 19.3 Å². The lowest BCUT2D eigenvalue weighted by molar-refractivity contribution is -0.120. The van der Waals surface area contributed by atoms with E-state index in [1.165, 1.54) is 12.8 Å². The Balaban J connectivity index is 1.69. The molecule has 19 heavy (non-hydrogen) atoms. The highest BCUT2D eigenvalue weighted by Gasteiger charge is 2.20. The molecule has 102 valence electrons. The summed E-state index contributed by atoms with van der Waals surface area (Å²) in [5.41, 5.74) is 7.00. The molecule has 0 saturated heterocycles. The van der Waals surface area contributed by atoms with E-state index >= 15 is 0 Å². The molecule has 0 bridgehead atoms. The molecule has 1 aromatic carbocycles. The Bertz CT molecular complexity index is 455. The maximum absolute atomic E-state index is 11.6. The molecular formula is C14H18N2O2S. The zero-order valence-corrected chi connectivity index (χ0v) is 11.5. The largest absolute Gasteiger partial charge is 0.389 e. The van der Waals surface area contributed by atoms with E-state index in [0.717, 1.165) is 23.6 Å². The minimum atomic E-state index is -0.140. The highest BCUT2D eigenvalue weighted by molar-refractivity contribution is 7.80. The van der Waals surface area contributed by atoms with E-state index in [-0.39, 0.29) is 12.5 Å². The van der Waals surface area contributed by atoms with Crippen molar-refractivity contribution >= 4 is 28.8 Å². The first kappa shape index (κ1) is 14.0.